The van der Waals surface area contributed by atoms with Gasteiger partial charge in [0.1, 0.15) is 13.2 Å². The molecule has 6 nitrogen and oxygen atoms in total. The Hall–Kier alpha value is -1.59. The van der Waals surface area contributed by atoms with E-state index < -0.39 is 6.10 Å². The first-order chi connectivity index (χ1) is 29.2. The van der Waals surface area contributed by atoms with Crippen molar-refractivity contribution >= 4 is 17.9 Å². The molecular formula is C54H104O6. The van der Waals surface area contributed by atoms with E-state index in [1.165, 1.54) is 186 Å². The van der Waals surface area contributed by atoms with Gasteiger partial charge in [-0.3, -0.25) is 14.4 Å². The van der Waals surface area contributed by atoms with E-state index >= 15 is 0 Å². The van der Waals surface area contributed by atoms with Crippen molar-refractivity contribution in [3.8, 4) is 0 Å². The normalized spacial score (nSPS) is 12.1. The van der Waals surface area contributed by atoms with Crippen LogP contribution in [0.25, 0.3) is 0 Å². The molecule has 0 aliphatic rings. The zero-order valence-electron chi connectivity index (χ0n) is 41.1. The quantitative estimate of drug-likeness (QED) is 0.0345. The summed E-state index contributed by atoms with van der Waals surface area (Å²) in [5, 5.41) is 0. The SMILES string of the molecule is CCCCCCCCCCCCCCCCCC(=O)OC[C@@H](COC(=O)CCCCCCCCCCCCCCCCC(C)C)OC(=O)CCCCCCCCCC(C)C. The second kappa shape index (κ2) is 46.9. The third-order valence-corrected chi connectivity index (χ3v) is 12.2. The molecule has 0 aromatic rings. The van der Waals surface area contributed by atoms with Crippen LogP contribution in [0.3, 0.4) is 0 Å². The highest BCUT2D eigenvalue weighted by Crippen LogP contribution is 2.17. The molecule has 0 spiro atoms. The lowest BCUT2D eigenvalue weighted by Gasteiger charge is -2.18. The van der Waals surface area contributed by atoms with Crippen molar-refractivity contribution in [1.82, 2.24) is 0 Å². The van der Waals surface area contributed by atoms with Gasteiger partial charge in [0.25, 0.3) is 0 Å². The fourth-order valence-corrected chi connectivity index (χ4v) is 8.17. The molecule has 0 unspecified atom stereocenters. The molecule has 0 heterocycles. The monoisotopic (exact) mass is 849 g/mol. The summed E-state index contributed by atoms with van der Waals surface area (Å²) < 4.78 is 16.8. The molecule has 0 aliphatic heterocycles. The van der Waals surface area contributed by atoms with Gasteiger partial charge < -0.3 is 14.2 Å². The minimum Gasteiger partial charge on any atom is -0.462 e. The van der Waals surface area contributed by atoms with Crippen LogP contribution in [0.2, 0.25) is 0 Å². The van der Waals surface area contributed by atoms with Gasteiger partial charge in [-0.15, -0.1) is 0 Å². The van der Waals surface area contributed by atoms with Crippen molar-refractivity contribution in [2.24, 2.45) is 11.8 Å². The number of hydrogen-bond acceptors (Lipinski definition) is 6. The lowest BCUT2D eigenvalue weighted by atomic mass is 10.0. The molecule has 0 radical (unpaired) electrons. The topological polar surface area (TPSA) is 78.9 Å². The highest BCUT2D eigenvalue weighted by atomic mass is 16.6. The van der Waals surface area contributed by atoms with Crippen molar-refractivity contribution in [1.29, 1.82) is 0 Å². The lowest BCUT2D eigenvalue weighted by molar-refractivity contribution is -0.167. The van der Waals surface area contributed by atoms with Crippen molar-refractivity contribution in [3.63, 3.8) is 0 Å². The van der Waals surface area contributed by atoms with E-state index in [1.54, 1.807) is 0 Å². The van der Waals surface area contributed by atoms with Gasteiger partial charge in [0, 0.05) is 19.3 Å². The van der Waals surface area contributed by atoms with Gasteiger partial charge in [0.2, 0.25) is 0 Å². The summed E-state index contributed by atoms with van der Waals surface area (Å²) >= 11 is 0. The van der Waals surface area contributed by atoms with Gasteiger partial charge in [-0.1, -0.05) is 259 Å². The maximum Gasteiger partial charge on any atom is 0.306 e. The summed E-state index contributed by atoms with van der Waals surface area (Å²) in [5.74, 6) is 0.774. The summed E-state index contributed by atoms with van der Waals surface area (Å²) in [6, 6.07) is 0. The Balaban J connectivity index is 4.25. The minimum absolute atomic E-state index is 0.0641. The van der Waals surface area contributed by atoms with Crippen LogP contribution >= 0.6 is 0 Å². The van der Waals surface area contributed by atoms with Crippen LogP contribution in [0.15, 0.2) is 0 Å². The summed E-state index contributed by atoms with van der Waals surface area (Å²) in [7, 11) is 0. The first-order valence-electron chi connectivity index (χ1n) is 26.7. The average molecular weight is 849 g/mol. The maximum atomic E-state index is 12.8. The van der Waals surface area contributed by atoms with Gasteiger partial charge in [-0.25, -0.2) is 0 Å². The smallest absolute Gasteiger partial charge is 0.306 e. The fourth-order valence-electron chi connectivity index (χ4n) is 8.17. The van der Waals surface area contributed by atoms with Gasteiger partial charge >= 0.3 is 17.9 Å². The molecule has 0 aromatic heterocycles. The summed E-state index contributed by atoms with van der Waals surface area (Å²) in [5.41, 5.74) is 0. The van der Waals surface area contributed by atoms with Crippen LogP contribution in [-0.4, -0.2) is 37.2 Å². The molecule has 0 saturated carbocycles. The van der Waals surface area contributed by atoms with Gasteiger partial charge in [0.15, 0.2) is 6.10 Å². The van der Waals surface area contributed by atoms with Crippen LogP contribution in [0.4, 0.5) is 0 Å². The summed E-state index contributed by atoms with van der Waals surface area (Å²) in [6.45, 7) is 11.3. The lowest BCUT2D eigenvalue weighted by Crippen LogP contribution is -2.30. The Morgan fingerprint density at radius 1 is 0.317 bits per heavy atom. The van der Waals surface area contributed by atoms with E-state index in [2.05, 4.69) is 34.6 Å². The molecule has 60 heavy (non-hydrogen) atoms. The first kappa shape index (κ1) is 58.4. The highest BCUT2D eigenvalue weighted by molar-refractivity contribution is 5.71. The van der Waals surface area contributed by atoms with Gasteiger partial charge in [-0.2, -0.15) is 0 Å². The predicted molar refractivity (Wildman–Crippen MR) is 256 cm³/mol. The average Bonchev–Trinajstić information content (AvgIpc) is 3.22. The molecule has 0 amide bonds. The minimum atomic E-state index is -0.762. The number of rotatable bonds is 48. The Bertz CT molecular complexity index is 916. The molecule has 0 aliphatic carbocycles. The molecule has 0 aromatic carbocycles. The summed E-state index contributed by atoms with van der Waals surface area (Å²) in [6.07, 6.45) is 48.1. The Morgan fingerprint density at radius 2 is 0.550 bits per heavy atom. The molecule has 0 N–H and O–H groups in total. The second-order valence-electron chi connectivity index (χ2n) is 19.5. The van der Waals surface area contributed by atoms with Crippen LogP contribution < -0.4 is 0 Å². The zero-order valence-corrected chi connectivity index (χ0v) is 41.1. The molecule has 0 fully saturated rings. The number of ether oxygens (including phenoxy) is 3. The third-order valence-electron chi connectivity index (χ3n) is 12.2. The zero-order chi connectivity index (χ0) is 44.0. The predicted octanol–water partition coefficient (Wildman–Crippen LogP) is 17.3. The molecule has 6 heteroatoms. The maximum absolute atomic E-state index is 12.8. The van der Waals surface area contributed by atoms with E-state index in [-0.39, 0.29) is 31.1 Å². The van der Waals surface area contributed by atoms with E-state index in [0.717, 1.165) is 69.6 Å². The summed E-state index contributed by atoms with van der Waals surface area (Å²) in [4.78, 5) is 37.9. The second-order valence-corrected chi connectivity index (χ2v) is 19.5. The van der Waals surface area contributed by atoms with Crippen molar-refractivity contribution in [2.75, 3.05) is 13.2 Å². The number of carbonyl (C=O) groups excluding carboxylic acids is 3. The molecule has 1 atom stereocenters. The van der Waals surface area contributed by atoms with Crippen LogP contribution in [0.1, 0.15) is 298 Å². The van der Waals surface area contributed by atoms with Crippen LogP contribution in [0.5, 0.6) is 0 Å². The molecular weight excluding hydrogens is 745 g/mol. The van der Waals surface area contributed by atoms with Gasteiger partial charge in [-0.05, 0) is 31.1 Å². The third kappa shape index (κ3) is 47.5. The van der Waals surface area contributed by atoms with Crippen LogP contribution in [-0.2, 0) is 28.6 Å². The first-order valence-corrected chi connectivity index (χ1v) is 26.7. The Morgan fingerprint density at radius 3 is 0.817 bits per heavy atom. The van der Waals surface area contributed by atoms with E-state index in [1.807, 2.05) is 0 Å². The Kier molecular flexibility index (Phi) is 45.7. The van der Waals surface area contributed by atoms with E-state index in [0.29, 0.717) is 19.3 Å². The standard InChI is InChI=1S/C54H104O6/c1-6-7-8-9-10-11-12-13-14-18-21-24-29-34-39-44-52(55)58-47-51(60-54(57)46-41-36-31-26-28-33-38-43-50(4)5)48-59-53(56)45-40-35-30-25-22-19-16-15-17-20-23-27-32-37-42-49(2)3/h49-51H,6-48H2,1-5H3/t51-/m0/s1. The fraction of sp³-hybridized carbons (Fsp3) is 0.944. The number of unbranched alkanes of at least 4 members (excludes halogenated alkanes) is 33. The largest absolute Gasteiger partial charge is 0.462 e. The van der Waals surface area contributed by atoms with Crippen molar-refractivity contribution < 1.29 is 28.6 Å². The molecule has 356 valence electrons. The van der Waals surface area contributed by atoms with Gasteiger partial charge in [0.05, 0.1) is 0 Å². The van der Waals surface area contributed by atoms with E-state index in [4.69, 9.17) is 14.2 Å². The number of esters is 3. The molecule has 0 saturated heterocycles. The molecule has 0 rings (SSSR count). The highest BCUT2D eigenvalue weighted by Gasteiger charge is 2.19. The van der Waals surface area contributed by atoms with E-state index in [9.17, 15) is 14.4 Å². The van der Waals surface area contributed by atoms with Crippen molar-refractivity contribution in [2.45, 2.75) is 304 Å². The Labute approximate surface area is 374 Å². The van der Waals surface area contributed by atoms with Crippen molar-refractivity contribution in [3.05, 3.63) is 0 Å². The number of carbonyl (C=O) groups is 3. The molecule has 0 bridgehead atoms. The van der Waals surface area contributed by atoms with Crippen LogP contribution in [0, 0.1) is 11.8 Å². The number of hydrogen-bond donors (Lipinski definition) is 0.